The predicted octanol–water partition coefficient (Wildman–Crippen LogP) is 3.53. The van der Waals surface area contributed by atoms with Gasteiger partial charge in [-0.2, -0.15) is 0 Å². The number of nitrogens with one attached hydrogen (secondary N) is 3. The van der Waals surface area contributed by atoms with E-state index < -0.39 is 0 Å². The first-order chi connectivity index (χ1) is 13.0. The summed E-state index contributed by atoms with van der Waals surface area (Å²) in [5.41, 5.74) is 1.78. The molecule has 146 valence electrons. The minimum atomic E-state index is -0.0432. The van der Waals surface area contributed by atoms with E-state index in [1.807, 2.05) is 31.2 Å². The summed E-state index contributed by atoms with van der Waals surface area (Å²) >= 11 is 1.78. The fourth-order valence-corrected chi connectivity index (χ4v) is 3.44. The molecule has 0 aliphatic carbocycles. The molecule has 5 nitrogen and oxygen atoms in total. The summed E-state index contributed by atoms with van der Waals surface area (Å²) in [6.45, 7) is 11.2. The van der Waals surface area contributed by atoms with Crippen LogP contribution in [0.15, 0.2) is 46.8 Å². The average molecular weight is 387 g/mol. The molecule has 0 atom stereocenters. The Morgan fingerprint density at radius 2 is 1.74 bits per heavy atom. The van der Waals surface area contributed by atoms with Crippen LogP contribution < -0.4 is 16.0 Å². The Hall–Kier alpha value is -2.34. The van der Waals surface area contributed by atoms with E-state index in [9.17, 15) is 4.79 Å². The van der Waals surface area contributed by atoms with Crippen molar-refractivity contribution < 1.29 is 4.79 Å². The first kappa shape index (κ1) is 21.0. The maximum Gasteiger partial charge on any atom is 0.251 e. The topological polar surface area (TPSA) is 65.5 Å². The second kappa shape index (κ2) is 10.1. The monoisotopic (exact) mass is 386 g/mol. The van der Waals surface area contributed by atoms with Crippen molar-refractivity contribution in [3.05, 3.63) is 57.8 Å². The highest BCUT2D eigenvalue weighted by Gasteiger charge is 2.21. The number of thiophene rings is 1. The zero-order valence-electron chi connectivity index (χ0n) is 16.6. The van der Waals surface area contributed by atoms with Crippen LogP contribution in [0.1, 0.15) is 48.5 Å². The molecular formula is C21H30N4OS. The molecule has 1 heterocycles. The fraction of sp³-hybridized carbons (Fsp3) is 0.429. The normalized spacial score (nSPS) is 11.9. The summed E-state index contributed by atoms with van der Waals surface area (Å²) < 4.78 is 0. The Kier molecular flexibility index (Phi) is 7.85. The maximum atomic E-state index is 11.8. The summed E-state index contributed by atoms with van der Waals surface area (Å²) in [4.78, 5) is 17.9. The summed E-state index contributed by atoms with van der Waals surface area (Å²) in [5.74, 6) is 0.758. The van der Waals surface area contributed by atoms with Crippen molar-refractivity contribution in [3.63, 3.8) is 0 Å². The largest absolute Gasteiger partial charge is 0.357 e. The van der Waals surface area contributed by atoms with Crippen molar-refractivity contribution in [2.45, 2.75) is 39.7 Å². The zero-order valence-corrected chi connectivity index (χ0v) is 17.5. The summed E-state index contributed by atoms with van der Waals surface area (Å²) in [6.07, 6.45) is 0. The van der Waals surface area contributed by atoms with Crippen molar-refractivity contribution >= 4 is 23.2 Å². The standard InChI is InChI=1S/C21H30N4OS/c1-5-22-19(26)17-11-9-16(10-12-17)14-24-20(23-6-2)25-15-21(3,4)18-8-7-13-27-18/h7-13H,5-6,14-15H2,1-4H3,(H,22,26)(H2,23,24,25). The highest BCUT2D eigenvalue weighted by atomic mass is 32.1. The molecule has 27 heavy (non-hydrogen) atoms. The van der Waals surface area contributed by atoms with Gasteiger partial charge in [0.1, 0.15) is 0 Å². The quantitative estimate of drug-likeness (QED) is 0.480. The van der Waals surface area contributed by atoms with Crippen molar-refractivity contribution in [1.82, 2.24) is 16.0 Å². The van der Waals surface area contributed by atoms with Gasteiger partial charge in [0.05, 0.1) is 6.54 Å². The van der Waals surface area contributed by atoms with Crippen LogP contribution in [0.25, 0.3) is 0 Å². The van der Waals surface area contributed by atoms with Gasteiger partial charge in [-0.05, 0) is 43.0 Å². The molecule has 1 aromatic carbocycles. The Morgan fingerprint density at radius 1 is 1.04 bits per heavy atom. The molecule has 0 saturated heterocycles. The number of hydrogen-bond acceptors (Lipinski definition) is 3. The van der Waals surface area contributed by atoms with E-state index >= 15 is 0 Å². The van der Waals surface area contributed by atoms with Crippen LogP contribution in [0, 0.1) is 0 Å². The highest BCUT2D eigenvalue weighted by molar-refractivity contribution is 7.10. The fourth-order valence-electron chi connectivity index (χ4n) is 2.59. The smallest absolute Gasteiger partial charge is 0.251 e. The number of nitrogens with zero attached hydrogens (tertiary/aromatic N) is 1. The van der Waals surface area contributed by atoms with Crippen LogP contribution in [0.3, 0.4) is 0 Å². The van der Waals surface area contributed by atoms with Gasteiger partial charge in [0.15, 0.2) is 5.96 Å². The number of carbonyl (C=O) groups excluding carboxylic acids is 1. The third kappa shape index (κ3) is 6.40. The molecule has 0 fully saturated rings. The van der Waals surface area contributed by atoms with Crippen LogP contribution in [0.5, 0.6) is 0 Å². The minimum Gasteiger partial charge on any atom is -0.357 e. The third-order valence-electron chi connectivity index (χ3n) is 4.20. The molecule has 3 N–H and O–H groups in total. The Balaban J connectivity index is 1.97. The number of rotatable bonds is 8. The van der Waals surface area contributed by atoms with Crippen molar-refractivity contribution in [1.29, 1.82) is 0 Å². The molecule has 0 unspecified atom stereocenters. The van der Waals surface area contributed by atoms with Gasteiger partial charge in [-0.25, -0.2) is 4.99 Å². The van der Waals surface area contributed by atoms with Gasteiger partial charge in [0, 0.05) is 35.5 Å². The van der Waals surface area contributed by atoms with E-state index in [-0.39, 0.29) is 11.3 Å². The van der Waals surface area contributed by atoms with E-state index in [2.05, 4.69) is 59.2 Å². The molecule has 0 saturated carbocycles. The second-order valence-electron chi connectivity index (χ2n) is 6.97. The van der Waals surface area contributed by atoms with Gasteiger partial charge in [-0.15, -0.1) is 11.3 Å². The van der Waals surface area contributed by atoms with E-state index in [1.54, 1.807) is 11.3 Å². The number of guanidine groups is 1. The molecule has 0 radical (unpaired) electrons. The zero-order chi connectivity index (χ0) is 19.7. The van der Waals surface area contributed by atoms with Gasteiger partial charge in [-0.3, -0.25) is 4.79 Å². The lowest BCUT2D eigenvalue weighted by Crippen LogP contribution is -2.43. The van der Waals surface area contributed by atoms with Gasteiger partial charge < -0.3 is 16.0 Å². The van der Waals surface area contributed by atoms with Crippen LogP contribution >= 0.6 is 11.3 Å². The number of carbonyl (C=O) groups is 1. The summed E-state index contributed by atoms with van der Waals surface area (Å²) in [6, 6.07) is 11.9. The molecule has 2 rings (SSSR count). The van der Waals surface area contributed by atoms with Crippen molar-refractivity contribution in [2.24, 2.45) is 4.99 Å². The van der Waals surface area contributed by atoms with Crippen molar-refractivity contribution in [3.8, 4) is 0 Å². The summed E-state index contributed by atoms with van der Waals surface area (Å²) in [7, 11) is 0. The Labute approximate surface area is 166 Å². The molecule has 0 aliphatic rings. The number of benzene rings is 1. The maximum absolute atomic E-state index is 11.8. The lowest BCUT2D eigenvalue weighted by Gasteiger charge is -2.25. The molecule has 1 amide bonds. The average Bonchev–Trinajstić information content (AvgIpc) is 3.20. The van der Waals surface area contributed by atoms with Gasteiger partial charge in [0.2, 0.25) is 0 Å². The molecule has 0 aliphatic heterocycles. The predicted molar refractivity (Wildman–Crippen MR) is 115 cm³/mol. The SMILES string of the molecule is CCNC(=O)c1ccc(CN=C(NCC)NCC(C)(C)c2cccs2)cc1. The Morgan fingerprint density at radius 3 is 2.33 bits per heavy atom. The Bertz CT molecular complexity index is 736. The molecule has 1 aromatic heterocycles. The van der Waals surface area contributed by atoms with E-state index in [0.29, 0.717) is 18.7 Å². The highest BCUT2D eigenvalue weighted by Crippen LogP contribution is 2.26. The first-order valence-electron chi connectivity index (χ1n) is 9.39. The molecule has 0 spiro atoms. The summed E-state index contributed by atoms with van der Waals surface area (Å²) in [5, 5.41) is 11.7. The van der Waals surface area contributed by atoms with Gasteiger partial charge in [-0.1, -0.05) is 32.0 Å². The van der Waals surface area contributed by atoms with Crippen LogP contribution in [-0.4, -0.2) is 31.5 Å². The van der Waals surface area contributed by atoms with E-state index in [0.717, 1.165) is 24.6 Å². The minimum absolute atomic E-state index is 0.0403. The second-order valence-corrected chi connectivity index (χ2v) is 7.91. The lowest BCUT2D eigenvalue weighted by atomic mass is 9.91. The van der Waals surface area contributed by atoms with Gasteiger partial charge >= 0.3 is 0 Å². The lowest BCUT2D eigenvalue weighted by molar-refractivity contribution is 0.0956. The molecule has 2 aromatic rings. The van der Waals surface area contributed by atoms with Crippen LogP contribution in [0.2, 0.25) is 0 Å². The molecule has 0 bridgehead atoms. The third-order valence-corrected chi connectivity index (χ3v) is 5.44. The van der Waals surface area contributed by atoms with E-state index in [4.69, 9.17) is 0 Å². The van der Waals surface area contributed by atoms with Gasteiger partial charge in [0.25, 0.3) is 5.91 Å². The van der Waals surface area contributed by atoms with Crippen molar-refractivity contribution in [2.75, 3.05) is 19.6 Å². The number of aliphatic imine (C=N–C) groups is 1. The molecule has 6 heteroatoms. The van der Waals surface area contributed by atoms with E-state index in [1.165, 1.54) is 4.88 Å². The van der Waals surface area contributed by atoms with Crippen LogP contribution in [-0.2, 0) is 12.0 Å². The molecular weight excluding hydrogens is 356 g/mol. The number of amides is 1. The first-order valence-corrected chi connectivity index (χ1v) is 10.3. The number of hydrogen-bond donors (Lipinski definition) is 3. The van der Waals surface area contributed by atoms with Crippen LogP contribution in [0.4, 0.5) is 0 Å².